The van der Waals surface area contributed by atoms with Gasteiger partial charge in [0.1, 0.15) is 0 Å². The second kappa shape index (κ2) is 5.67. The molecule has 18 heavy (non-hydrogen) atoms. The lowest BCUT2D eigenvalue weighted by Crippen LogP contribution is -2.50. The van der Waals surface area contributed by atoms with Crippen molar-refractivity contribution in [1.29, 1.82) is 0 Å². The molecule has 1 aromatic heterocycles. The summed E-state index contributed by atoms with van der Waals surface area (Å²) in [6, 6.07) is 0. The molecule has 6 heteroatoms. The van der Waals surface area contributed by atoms with Crippen LogP contribution < -0.4 is 10.6 Å². The Labute approximate surface area is 112 Å². The SMILES string of the molecule is Cc1cnc(N2CCN(C(=O)C(C)CN)CC2)s1. The molecule has 100 valence electrons. The molecule has 2 heterocycles. The zero-order valence-electron chi connectivity index (χ0n) is 10.9. The predicted molar refractivity (Wildman–Crippen MR) is 73.9 cm³/mol. The molecule has 2 N–H and O–H groups in total. The van der Waals surface area contributed by atoms with Gasteiger partial charge in [0.15, 0.2) is 5.13 Å². The molecule has 1 aliphatic rings. The molecule has 1 fully saturated rings. The highest BCUT2D eigenvalue weighted by Gasteiger charge is 2.25. The van der Waals surface area contributed by atoms with E-state index in [0.29, 0.717) is 6.54 Å². The van der Waals surface area contributed by atoms with Gasteiger partial charge in [0.05, 0.1) is 0 Å². The van der Waals surface area contributed by atoms with Crippen LogP contribution >= 0.6 is 11.3 Å². The fraction of sp³-hybridized carbons (Fsp3) is 0.667. The molecule has 1 aliphatic heterocycles. The first kappa shape index (κ1) is 13.3. The van der Waals surface area contributed by atoms with E-state index in [1.807, 2.05) is 18.0 Å². The van der Waals surface area contributed by atoms with Crippen molar-refractivity contribution in [2.75, 3.05) is 37.6 Å². The van der Waals surface area contributed by atoms with Gasteiger partial charge in [0, 0.05) is 49.7 Å². The van der Waals surface area contributed by atoms with E-state index >= 15 is 0 Å². The fourth-order valence-corrected chi connectivity index (χ4v) is 2.83. The van der Waals surface area contributed by atoms with Gasteiger partial charge in [-0.2, -0.15) is 0 Å². The van der Waals surface area contributed by atoms with Crippen molar-refractivity contribution in [3.05, 3.63) is 11.1 Å². The summed E-state index contributed by atoms with van der Waals surface area (Å²) in [4.78, 5) is 21.8. The maximum atomic E-state index is 12.0. The first-order valence-corrected chi connectivity index (χ1v) is 7.09. The quantitative estimate of drug-likeness (QED) is 0.876. The third-order valence-corrected chi connectivity index (χ3v) is 4.22. The molecule has 1 atom stereocenters. The second-order valence-electron chi connectivity index (χ2n) is 4.70. The molecule has 1 saturated heterocycles. The van der Waals surface area contributed by atoms with Gasteiger partial charge in [0.2, 0.25) is 5.91 Å². The Morgan fingerprint density at radius 1 is 1.50 bits per heavy atom. The largest absolute Gasteiger partial charge is 0.345 e. The van der Waals surface area contributed by atoms with Gasteiger partial charge in [-0.1, -0.05) is 6.92 Å². The van der Waals surface area contributed by atoms with Crippen molar-refractivity contribution in [1.82, 2.24) is 9.88 Å². The van der Waals surface area contributed by atoms with E-state index in [4.69, 9.17) is 5.73 Å². The van der Waals surface area contributed by atoms with E-state index in [2.05, 4.69) is 16.8 Å². The first-order valence-electron chi connectivity index (χ1n) is 6.28. The van der Waals surface area contributed by atoms with Gasteiger partial charge in [-0.15, -0.1) is 11.3 Å². The van der Waals surface area contributed by atoms with Crippen molar-refractivity contribution in [2.45, 2.75) is 13.8 Å². The maximum Gasteiger partial charge on any atom is 0.226 e. The van der Waals surface area contributed by atoms with E-state index < -0.39 is 0 Å². The van der Waals surface area contributed by atoms with Crippen LogP contribution in [0, 0.1) is 12.8 Å². The van der Waals surface area contributed by atoms with E-state index in [1.165, 1.54) is 4.88 Å². The van der Waals surface area contributed by atoms with Crippen LogP contribution in [0.25, 0.3) is 0 Å². The Bertz CT molecular complexity index is 412. The minimum atomic E-state index is -0.0707. The van der Waals surface area contributed by atoms with Gasteiger partial charge in [-0.25, -0.2) is 4.98 Å². The van der Waals surface area contributed by atoms with Gasteiger partial charge >= 0.3 is 0 Å². The summed E-state index contributed by atoms with van der Waals surface area (Å²) >= 11 is 1.71. The number of aromatic nitrogens is 1. The number of rotatable bonds is 3. The number of piperazine rings is 1. The van der Waals surface area contributed by atoms with E-state index in [1.54, 1.807) is 11.3 Å². The molecule has 0 radical (unpaired) electrons. The third kappa shape index (κ3) is 2.81. The number of hydrogen-bond donors (Lipinski definition) is 1. The monoisotopic (exact) mass is 268 g/mol. The lowest BCUT2D eigenvalue weighted by atomic mass is 10.1. The standard InChI is InChI=1S/C12H20N4OS/c1-9(7-13)11(17)15-3-5-16(6-4-15)12-14-8-10(2)18-12/h8-9H,3-7,13H2,1-2H3. The molecular formula is C12H20N4OS. The first-order chi connectivity index (χ1) is 8.61. The van der Waals surface area contributed by atoms with Crippen LogP contribution in [0.2, 0.25) is 0 Å². The topological polar surface area (TPSA) is 62.5 Å². The van der Waals surface area contributed by atoms with Crippen LogP contribution in [0.15, 0.2) is 6.20 Å². The number of carbonyl (C=O) groups is 1. The summed E-state index contributed by atoms with van der Waals surface area (Å²) in [6.45, 7) is 7.61. The molecular weight excluding hydrogens is 248 g/mol. The summed E-state index contributed by atoms with van der Waals surface area (Å²) in [5, 5.41) is 1.06. The normalized spacial score (nSPS) is 17.9. The summed E-state index contributed by atoms with van der Waals surface area (Å²) in [6.07, 6.45) is 1.90. The predicted octanol–water partition coefficient (Wildman–Crippen LogP) is 0.695. The Morgan fingerprint density at radius 3 is 2.67 bits per heavy atom. The van der Waals surface area contributed by atoms with E-state index in [-0.39, 0.29) is 11.8 Å². The number of aryl methyl sites for hydroxylation is 1. The second-order valence-corrected chi connectivity index (χ2v) is 5.92. The number of nitrogens with two attached hydrogens (primary N) is 1. The number of carbonyl (C=O) groups excluding carboxylic acids is 1. The van der Waals surface area contributed by atoms with Crippen LogP contribution in [0.1, 0.15) is 11.8 Å². The van der Waals surface area contributed by atoms with Crippen LogP contribution in [0.4, 0.5) is 5.13 Å². The van der Waals surface area contributed by atoms with Crippen molar-refractivity contribution in [2.24, 2.45) is 11.7 Å². The molecule has 5 nitrogen and oxygen atoms in total. The summed E-state index contributed by atoms with van der Waals surface area (Å²) in [5.41, 5.74) is 5.53. The number of hydrogen-bond acceptors (Lipinski definition) is 5. The summed E-state index contributed by atoms with van der Waals surface area (Å²) in [7, 11) is 0. The number of anilines is 1. The zero-order chi connectivity index (χ0) is 13.1. The van der Waals surface area contributed by atoms with Crippen LogP contribution in [-0.2, 0) is 4.79 Å². The number of nitrogens with zero attached hydrogens (tertiary/aromatic N) is 3. The summed E-state index contributed by atoms with van der Waals surface area (Å²) in [5.74, 6) is 0.103. The van der Waals surface area contributed by atoms with Crippen LogP contribution in [-0.4, -0.2) is 48.5 Å². The van der Waals surface area contributed by atoms with Crippen molar-refractivity contribution >= 4 is 22.4 Å². The lowest BCUT2D eigenvalue weighted by Gasteiger charge is -2.35. The average Bonchev–Trinajstić information content (AvgIpc) is 2.84. The zero-order valence-corrected chi connectivity index (χ0v) is 11.7. The highest BCUT2D eigenvalue weighted by molar-refractivity contribution is 7.15. The molecule has 1 aromatic rings. The van der Waals surface area contributed by atoms with E-state index in [0.717, 1.165) is 31.3 Å². The Hall–Kier alpha value is -1.14. The van der Waals surface area contributed by atoms with E-state index in [9.17, 15) is 4.79 Å². The minimum Gasteiger partial charge on any atom is -0.345 e. The molecule has 0 aromatic carbocycles. The molecule has 1 amide bonds. The highest BCUT2D eigenvalue weighted by atomic mass is 32.1. The molecule has 1 unspecified atom stereocenters. The van der Waals surface area contributed by atoms with Gasteiger partial charge < -0.3 is 15.5 Å². The third-order valence-electron chi connectivity index (χ3n) is 3.25. The molecule has 0 saturated carbocycles. The smallest absolute Gasteiger partial charge is 0.226 e. The van der Waals surface area contributed by atoms with Crippen LogP contribution in [0.3, 0.4) is 0 Å². The van der Waals surface area contributed by atoms with Gasteiger partial charge in [-0.3, -0.25) is 4.79 Å². The fourth-order valence-electron chi connectivity index (χ4n) is 2.02. The summed E-state index contributed by atoms with van der Waals surface area (Å²) < 4.78 is 0. The molecule has 0 bridgehead atoms. The molecule has 0 spiro atoms. The Kier molecular flexibility index (Phi) is 4.19. The van der Waals surface area contributed by atoms with Crippen LogP contribution in [0.5, 0.6) is 0 Å². The minimum absolute atomic E-state index is 0.0707. The van der Waals surface area contributed by atoms with Gasteiger partial charge in [-0.05, 0) is 6.92 Å². The Balaban J connectivity index is 1.90. The van der Waals surface area contributed by atoms with Crippen molar-refractivity contribution < 1.29 is 4.79 Å². The number of amides is 1. The lowest BCUT2D eigenvalue weighted by molar-refractivity contribution is -0.134. The van der Waals surface area contributed by atoms with Crippen molar-refractivity contribution in [3.63, 3.8) is 0 Å². The highest BCUT2D eigenvalue weighted by Crippen LogP contribution is 2.22. The number of thiazole rings is 1. The average molecular weight is 268 g/mol. The molecule has 2 rings (SSSR count). The van der Waals surface area contributed by atoms with Gasteiger partial charge in [0.25, 0.3) is 0 Å². The van der Waals surface area contributed by atoms with Crippen molar-refractivity contribution in [3.8, 4) is 0 Å². The maximum absolute atomic E-state index is 12.0. The Morgan fingerprint density at radius 2 is 2.17 bits per heavy atom. The molecule has 0 aliphatic carbocycles.